The standard InChI is InChI=1S/C25H21F3N4O3.C4H11N3.C2H6/c1-35-19-7-3-5-16(11-19)23-31-20-12-17(8-9-21(20)32(23)14-22(29)33)24(34)30-13-15-4-2-6-18(10-15)25(26,27)28;1-2-3-7-4(5)6;1-2/h2-12H,13-14H2,1H3,(H2,29,33)(H,30,34);2-3H2,1H3,(H4,5,6,7);1-2H3. The Morgan fingerprint density at radius 1 is 1.00 bits per heavy atom. The van der Waals surface area contributed by atoms with Gasteiger partial charge in [0.15, 0.2) is 5.96 Å². The molecule has 3 aromatic carbocycles. The number of nitrogens with two attached hydrogens (primary N) is 3. The molecule has 0 aliphatic heterocycles. The third kappa shape index (κ3) is 10.0. The van der Waals surface area contributed by atoms with E-state index < -0.39 is 23.6 Å². The Hall–Kier alpha value is -5.07. The predicted octanol–water partition coefficient (Wildman–Crippen LogP) is 4.84. The molecule has 13 heteroatoms. The number of carbonyl (C=O) groups excluding carboxylic acids is 2. The number of imidazole rings is 1. The van der Waals surface area contributed by atoms with Crippen LogP contribution in [0.15, 0.2) is 71.7 Å². The van der Waals surface area contributed by atoms with Crippen LogP contribution in [0.4, 0.5) is 13.2 Å². The Balaban J connectivity index is 0.000000661. The summed E-state index contributed by atoms with van der Waals surface area (Å²) in [6.45, 7) is 6.56. The molecule has 0 radical (unpaired) electrons. The Bertz CT molecular complexity index is 1580. The molecular formula is C31H38F3N7O3. The van der Waals surface area contributed by atoms with Gasteiger partial charge in [0.25, 0.3) is 5.91 Å². The lowest BCUT2D eigenvalue weighted by Gasteiger charge is -2.10. The summed E-state index contributed by atoms with van der Waals surface area (Å²) in [6, 6.07) is 16.7. The van der Waals surface area contributed by atoms with Crippen LogP contribution in [0.2, 0.25) is 0 Å². The fourth-order valence-corrected chi connectivity index (χ4v) is 3.95. The minimum Gasteiger partial charge on any atom is -0.497 e. The van der Waals surface area contributed by atoms with Gasteiger partial charge in [-0.2, -0.15) is 13.2 Å². The highest BCUT2D eigenvalue weighted by atomic mass is 19.4. The minimum absolute atomic E-state index is 0.0774. The highest BCUT2D eigenvalue weighted by molar-refractivity contribution is 5.98. The summed E-state index contributed by atoms with van der Waals surface area (Å²) >= 11 is 0. The molecule has 0 atom stereocenters. The van der Waals surface area contributed by atoms with Crippen LogP contribution in [0.1, 0.15) is 48.7 Å². The molecule has 0 spiro atoms. The first kappa shape index (κ1) is 35.1. The average Bonchev–Trinajstić information content (AvgIpc) is 3.36. The highest BCUT2D eigenvalue weighted by Gasteiger charge is 2.30. The van der Waals surface area contributed by atoms with Crippen LogP contribution in [-0.2, 0) is 24.1 Å². The number of fused-ring (bicyclic) bond motifs is 1. The zero-order valence-corrected chi connectivity index (χ0v) is 25.1. The molecule has 0 saturated carbocycles. The predicted molar refractivity (Wildman–Crippen MR) is 166 cm³/mol. The summed E-state index contributed by atoms with van der Waals surface area (Å²) in [5.74, 6) is 0.226. The van der Waals surface area contributed by atoms with Crippen molar-refractivity contribution in [3.8, 4) is 17.1 Å². The van der Waals surface area contributed by atoms with E-state index in [1.165, 1.54) is 19.2 Å². The Labute approximate surface area is 254 Å². The van der Waals surface area contributed by atoms with Crippen LogP contribution in [0.5, 0.6) is 5.75 Å². The second-order valence-electron chi connectivity index (χ2n) is 9.11. The second-order valence-corrected chi connectivity index (χ2v) is 9.11. The van der Waals surface area contributed by atoms with Crippen molar-refractivity contribution in [2.75, 3.05) is 13.7 Å². The van der Waals surface area contributed by atoms with E-state index in [2.05, 4.69) is 15.3 Å². The van der Waals surface area contributed by atoms with Crippen LogP contribution < -0.4 is 27.3 Å². The van der Waals surface area contributed by atoms with Crippen molar-refractivity contribution in [1.82, 2.24) is 14.9 Å². The topological polar surface area (TPSA) is 164 Å². The van der Waals surface area contributed by atoms with Gasteiger partial charge in [0.05, 0.1) is 23.7 Å². The molecule has 236 valence electrons. The number of halogens is 3. The molecule has 0 saturated heterocycles. The maximum Gasteiger partial charge on any atom is 0.416 e. The third-order valence-corrected chi connectivity index (χ3v) is 5.88. The summed E-state index contributed by atoms with van der Waals surface area (Å²) in [6.07, 6.45) is -3.47. The van der Waals surface area contributed by atoms with E-state index in [0.717, 1.165) is 25.1 Å². The van der Waals surface area contributed by atoms with Crippen LogP contribution in [0, 0.1) is 0 Å². The van der Waals surface area contributed by atoms with Gasteiger partial charge in [-0.15, -0.1) is 0 Å². The molecule has 0 aliphatic carbocycles. The molecule has 44 heavy (non-hydrogen) atoms. The fraction of sp³-hybridized carbons (Fsp3) is 0.290. The van der Waals surface area contributed by atoms with Crippen molar-refractivity contribution in [2.45, 2.75) is 46.5 Å². The number of rotatable bonds is 9. The summed E-state index contributed by atoms with van der Waals surface area (Å²) in [5, 5.41) is 2.63. The van der Waals surface area contributed by atoms with Gasteiger partial charge in [0, 0.05) is 24.2 Å². The Kier molecular flexibility index (Phi) is 13.2. The number of hydrogen-bond donors (Lipinski definition) is 4. The maximum atomic E-state index is 12.9. The van der Waals surface area contributed by atoms with Crippen LogP contribution >= 0.6 is 0 Å². The summed E-state index contributed by atoms with van der Waals surface area (Å²) in [5.41, 5.74) is 17.0. The minimum atomic E-state index is -4.46. The number of ether oxygens (including phenoxy) is 1. The highest BCUT2D eigenvalue weighted by Crippen LogP contribution is 2.30. The number of primary amides is 1. The number of benzene rings is 3. The molecule has 2 amide bonds. The summed E-state index contributed by atoms with van der Waals surface area (Å²) in [4.78, 5) is 32.7. The van der Waals surface area contributed by atoms with Gasteiger partial charge in [0.1, 0.15) is 18.1 Å². The van der Waals surface area contributed by atoms with E-state index in [1.807, 2.05) is 26.8 Å². The van der Waals surface area contributed by atoms with Gasteiger partial charge in [-0.05, 0) is 54.4 Å². The van der Waals surface area contributed by atoms with E-state index >= 15 is 0 Å². The SMILES string of the molecule is CC.CCCN=C(N)N.COc1cccc(-c2nc3cc(C(=O)NCc4cccc(C(F)(F)F)c4)ccc3n2CC(N)=O)c1. The number of nitrogens with zero attached hydrogens (tertiary/aromatic N) is 3. The van der Waals surface area contributed by atoms with Crippen molar-refractivity contribution in [1.29, 1.82) is 0 Å². The average molecular weight is 614 g/mol. The molecule has 4 aromatic rings. The first-order chi connectivity index (χ1) is 20.9. The number of nitrogens with one attached hydrogen (secondary N) is 1. The van der Waals surface area contributed by atoms with E-state index in [4.69, 9.17) is 21.9 Å². The summed E-state index contributed by atoms with van der Waals surface area (Å²) < 4.78 is 45.7. The van der Waals surface area contributed by atoms with Crippen molar-refractivity contribution in [3.63, 3.8) is 0 Å². The zero-order chi connectivity index (χ0) is 32.9. The van der Waals surface area contributed by atoms with Crippen molar-refractivity contribution < 1.29 is 27.5 Å². The smallest absolute Gasteiger partial charge is 0.416 e. The lowest BCUT2D eigenvalue weighted by Crippen LogP contribution is -2.23. The van der Waals surface area contributed by atoms with Crippen molar-refractivity contribution >= 4 is 28.8 Å². The normalized spacial score (nSPS) is 10.5. The number of aliphatic imine (C=N–C) groups is 1. The first-order valence-corrected chi connectivity index (χ1v) is 13.9. The number of guanidine groups is 1. The number of carbonyl (C=O) groups is 2. The Morgan fingerprint density at radius 3 is 2.30 bits per heavy atom. The number of aromatic nitrogens is 2. The van der Waals surface area contributed by atoms with Crippen molar-refractivity contribution in [2.24, 2.45) is 22.2 Å². The number of alkyl halides is 3. The van der Waals surface area contributed by atoms with Gasteiger partial charge in [0.2, 0.25) is 5.91 Å². The molecule has 0 aliphatic rings. The van der Waals surface area contributed by atoms with E-state index in [-0.39, 0.29) is 24.6 Å². The van der Waals surface area contributed by atoms with Gasteiger partial charge in [-0.3, -0.25) is 14.6 Å². The number of methoxy groups -OCH3 is 1. The zero-order valence-electron chi connectivity index (χ0n) is 25.1. The van der Waals surface area contributed by atoms with Gasteiger partial charge < -0.3 is 31.8 Å². The third-order valence-electron chi connectivity index (χ3n) is 5.88. The van der Waals surface area contributed by atoms with Crippen LogP contribution in [0.25, 0.3) is 22.4 Å². The molecular weight excluding hydrogens is 575 g/mol. The maximum absolute atomic E-state index is 12.9. The fourth-order valence-electron chi connectivity index (χ4n) is 3.95. The molecule has 7 N–H and O–H groups in total. The lowest BCUT2D eigenvalue weighted by molar-refractivity contribution is -0.137. The molecule has 1 aromatic heterocycles. The van der Waals surface area contributed by atoms with E-state index in [0.29, 0.717) is 33.7 Å². The second kappa shape index (κ2) is 16.5. The monoisotopic (exact) mass is 613 g/mol. The van der Waals surface area contributed by atoms with Crippen LogP contribution in [0.3, 0.4) is 0 Å². The largest absolute Gasteiger partial charge is 0.497 e. The van der Waals surface area contributed by atoms with Gasteiger partial charge in [-0.1, -0.05) is 45.0 Å². The molecule has 10 nitrogen and oxygen atoms in total. The molecule has 1 heterocycles. The van der Waals surface area contributed by atoms with Gasteiger partial charge in [-0.25, -0.2) is 4.98 Å². The molecule has 0 unspecified atom stereocenters. The number of hydrogen-bond acceptors (Lipinski definition) is 5. The quantitative estimate of drug-likeness (QED) is 0.156. The van der Waals surface area contributed by atoms with E-state index in [1.54, 1.807) is 41.0 Å². The van der Waals surface area contributed by atoms with Crippen LogP contribution in [-0.4, -0.2) is 41.0 Å². The van der Waals surface area contributed by atoms with Gasteiger partial charge >= 0.3 is 6.18 Å². The number of amides is 2. The lowest BCUT2D eigenvalue weighted by atomic mass is 10.1. The first-order valence-electron chi connectivity index (χ1n) is 13.9. The van der Waals surface area contributed by atoms with Crippen molar-refractivity contribution in [3.05, 3.63) is 83.4 Å². The van der Waals surface area contributed by atoms with E-state index in [9.17, 15) is 22.8 Å². The Morgan fingerprint density at radius 2 is 1.70 bits per heavy atom. The molecule has 0 bridgehead atoms. The molecule has 4 rings (SSSR count). The molecule has 0 fully saturated rings. The summed E-state index contributed by atoms with van der Waals surface area (Å²) in [7, 11) is 1.54.